The first kappa shape index (κ1) is 8.53. The van der Waals surface area contributed by atoms with Gasteiger partial charge in [-0.15, -0.1) is 0 Å². The highest BCUT2D eigenvalue weighted by atomic mass is 16.3. The monoisotopic (exact) mass is 157 g/mol. The Bertz CT molecular complexity index is 165. The van der Waals surface area contributed by atoms with Crippen LogP contribution in [0, 0.1) is 0 Å². The summed E-state index contributed by atoms with van der Waals surface area (Å²) in [4.78, 5) is 2.22. The molecule has 0 aromatic heterocycles. The molecule has 1 aliphatic rings. The Kier molecular flexibility index (Phi) is 2.88. The Morgan fingerprint density at radius 3 is 2.91 bits per heavy atom. The third-order valence-corrected chi connectivity index (χ3v) is 2.20. The first-order valence-corrected chi connectivity index (χ1v) is 4.14. The Hall–Kier alpha value is -0.570. The van der Waals surface area contributed by atoms with Crippen LogP contribution in [0.1, 0.15) is 12.8 Å². The average Bonchev–Trinajstić information content (AvgIpc) is 1.97. The van der Waals surface area contributed by atoms with E-state index in [-0.39, 0.29) is 6.61 Å². The van der Waals surface area contributed by atoms with Crippen molar-refractivity contribution in [2.24, 2.45) is 0 Å². The molecule has 1 aliphatic heterocycles. The molecule has 0 aromatic carbocycles. The lowest BCUT2D eigenvalue weighted by molar-refractivity contribution is -0.509. The highest BCUT2D eigenvalue weighted by molar-refractivity contribution is 5.77. The fourth-order valence-corrected chi connectivity index (χ4v) is 1.58. The number of aliphatic hydroxyl groups excluding tert-OH is 1. The Labute approximate surface area is 67.9 Å². The number of nitrogens with zero attached hydrogens (tertiary/aromatic N) is 2. The third-order valence-electron chi connectivity index (χ3n) is 2.20. The van der Waals surface area contributed by atoms with E-state index in [0.29, 0.717) is 0 Å². The maximum absolute atomic E-state index is 8.78. The molecule has 1 heterocycles. The minimum Gasteiger partial charge on any atom is -0.396 e. The van der Waals surface area contributed by atoms with Crippen molar-refractivity contribution in [1.29, 1.82) is 0 Å². The van der Waals surface area contributed by atoms with E-state index in [9.17, 15) is 0 Å². The molecule has 0 radical (unpaired) electrons. The molecule has 0 atom stereocenters. The van der Waals surface area contributed by atoms with Gasteiger partial charge in [0.2, 0.25) is 5.84 Å². The summed E-state index contributed by atoms with van der Waals surface area (Å²) in [7, 11) is 4.17. The summed E-state index contributed by atoms with van der Waals surface area (Å²) in [5.41, 5.74) is 0. The zero-order valence-electron chi connectivity index (χ0n) is 7.38. The van der Waals surface area contributed by atoms with E-state index >= 15 is 0 Å². The molecule has 3 nitrogen and oxygen atoms in total. The average molecular weight is 157 g/mol. The van der Waals surface area contributed by atoms with Gasteiger partial charge in [0, 0.05) is 6.42 Å². The van der Waals surface area contributed by atoms with Crippen LogP contribution in [0.3, 0.4) is 0 Å². The summed E-state index contributed by atoms with van der Waals surface area (Å²) in [6.07, 6.45) is 2.01. The van der Waals surface area contributed by atoms with Gasteiger partial charge in [-0.1, -0.05) is 0 Å². The van der Waals surface area contributed by atoms with E-state index in [1.54, 1.807) is 0 Å². The molecule has 1 rings (SSSR count). The van der Waals surface area contributed by atoms with Crippen LogP contribution < -0.4 is 0 Å². The van der Waals surface area contributed by atoms with Crippen molar-refractivity contribution in [3.8, 4) is 0 Å². The first-order valence-electron chi connectivity index (χ1n) is 4.14. The lowest BCUT2D eigenvalue weighted by atomic mass is 10.2. The van der Waals surface area contributed by atoms with Gasteiger partial charge in [-0.3, -0.25) is 9.48 Å². The minimum atomic E-state index is 0.254. The van der Waals surface area contributed by atoms with Gasteiger partial charge in [0.15, 0.2) is 0 Å². The van der Waals surface area contributed by atoms with Crippen molar-refractivity contribution in [3.63, 3.8) is 0 Å². The normalized spacial score (nSPS) is 19.4. The molecule has 0 aliphatic carbocycles. The molecular formula is C8H17N2O+. The molecule has 0 fully saturated rings. The predicted molar refractivity (Wildman–Crippen MR) is 45.0 cm³/mol. The van der Waals surface area contributed by atoms with E-state index < -0.39 is 0 Å². The summed E-state index contributed by atoms with van der Waals surface area (Å²) >= 11 is 0. The van der Waals surface area contributed by atoms with Crippen LogP contribution in [0.5, 0.6) is 0 Å². The molecule has 0 bridgehead atoms. The van der Waals surface area contributed by atoms with Crippen molar-refractivity contribution in [1.82, 2.24) is 4.90 Å². The summed E-state index contributed by atoms with van der Waals surface area (Å²) in [5, 5.41) is 8.78. The van der Waals surface area contributed by atoms with Crippen LogP contribution in [0.25, 0.3) is 0 Å². The molecule has 64 valence electrons. The number of rotatable bonds is 2. The van der Waals surface area contributed by atoms with Crippen LogP contribution in [-0.4, -0.2) is 54.2 Å². The maximum Gasteiger partial charge on any atom is 0.248 e. The molecule has 0 saturated heterocycles. The molecule has 0 aromatic rings. The Balaban J connectivity index is 2.66. The molecule has 3 heteroatoms. The quantitative estimate of drug-likeness (QED) is 0.559. The van der Waals surface area contributed by atoms with E-state index in [4.69, 9.17) is 5.11 Å². The van der Waals surface area contributed by atoms with Gasteiger partial charge in [0.25, 0.3) is 0 Å². The Morgan fingerprint density at radius 2 is 2.36 bits per heavy atom. The largest absolute Gasteiger partial charge is 0.396 e. The van der Waals surface area contributed by atoms with Crippen molar-refractivity contribution >= 4 is 5.84 Å². The first-order chi connectivity index (χ1) is 5.25. The maximum atomic E-state index is 8.78. The van der Waals surface area contributed by atoms with Gasteiger partial charge in [0.05, 0.1) is 40.2 Å². The lowest BCUT2D eigenvalue weighted by Gasteiger charge is -2.21. The van der Waals surface area contributed by atoms with Gasteiger partial charge < -0.3 is 5.11 Å². The summed E-state index contributed by atoms with van der Waals surface area (Å²) in [6.45, 7) is 2.50. The van der Waals surface area contributed by atoms with E-state index in [1.807, 2.05) is 0 Å². The zero-order chi connectivity index (χ0) is 8.27. The van der Waals surface area contributed by atoms with E-state index in [2.05, 4.69) is 23.6 Å². The second-order valence-corrected chi connectivity index (χ2v) is 3.09. The number of amidine groups is 1. The molecule has 0 spiro atoms. The standard InChI is InChI=1S/C8H17N2O/c1-9-5-3-6-10(2)8(9)4-7-11/h11H,3-7H2,1-2H3/q+1. The summed E-state index contributed by atoms with van der Waals surface area (Å²) < 4.78 is 2.22. The molecule has 0 unspecified atom stereocenters. The smallest absolute Gasteiger partial charge is 0.248 e. The minimum absolute atomic E-state index is 0.254. The van der Waals surface area contributed by atoms with Gasteiger partial charge in [-0.2, -0.15) is 0 Å². The molecule has 0 saturated carbocycles. The van der Waals surface area contributed by atoms with Crippen LogP contribution in [0.2, 0.25) is 0 Å². The number of aliphatic hydroxyl groups is 1. The second-order valence-electron chi connectivity index (χ2n) is 3.09. The summed E-state index contributed by atoms with van der Waals surface area (Å²) in [6, 6.07) is 0. The fraction of sp³-hybridized carbons (Fsp3) is 0.875. The second kappa shape index (κ2) is 3.72. The predicted octanol–water partition coefficient (Wildman–Crippen LogP) is -0.255. The number of hydrogen-bond acceptors (Lipinski definition) is 2. The van der Waals surface area contributed by atoms with E-state index in [0.717, 1.165) is 19.5 Å². The van der Waals surface area contributed by atoms with Crippen molar-refractivity contribution in [2.75, 3.05) is 33.8 Å². The highest BCUT2D eigenvalue weighted by Crippen LogP contribution is 2.01. The van der Waals surface area contributed by atoms with Crippen LogP contribution >= 0.6 is 0 Å². The molecule has 0 amide bonds. The SMILES string of the molecule is CN1CCC[N+](C)=C1CCO. The number of hydrogen-bond donors (Lipinski definition) is 1. The summed E-state index contributed by atoms with van der Waals surface area (Å²) in [5.74, 6) is 1.26. The lowest BCUT2D eigenvalue weighted by Crippen LogP contribution is -2.40. The van der Waals surface area contributed by atoms with Crippen LogP contribution in [0.4, 0.5) is 0 Å². The topological polar surface area (TPSA) is 26.5 Å². The zero-order valence-corrected chi connectivity index (χ0v) is 7.38. The van der Waals surface area contributed by atoms with Crippen molar-refractivity contribution in [3.05, 3.63) is 0 Å². The van der Waals surface area contributed by atoms with Gasteiger partial charge in [0.1, 0.15) is 0 Å². The van der Waals surface area contributed by atoms with Gasteiger partial charge in [-0.25, -0.2) is 0 Å². The fourth-order valence-electron chi connectivity index (χ4n) is 1.58. The van der Waals surface area contributed by atoms with Gasteiger partial charge in [-0.05, 0) is 0 Å². The molecular weight excluding hydrogens is 140 g/mol. The highest BCUT2D eigenvalue weighted by Gasteiger charge is 2.20. The van der Waals surface area contributed by atoms with Crippen molar-refractivity contribution < 1.29 is 9.68 Å². The third kappa shape index (κ3) is 1.93. The van der Waals surface area contributed by atoms with Crippen molar-refractivity contribution in [2.45, 2.75) is 12.8 Å². The van der Waals surface area contributed by atoms with E-state index in [1.165, 1.54) is 12.3 Å². The molecule has 11 heavy (non-hydrogen) atoms. The van der Waals surface area contributed by atoms with Crippen LogP contribution in [0.15, 0.2) is 0 Å². The Morgan fingerprint density at radius 1 is 1.64 bits per heavy atom. The van der Waals surface area contributed by atoms with Crippen LogP contribution in [-0.2, 0) is 0 Å². The molecule has 1 N–H and O–H groups in total. The van der Waals surface area contributed by atoms with Gasteiger partial charge >= 0.3 is 0 Å².